The Hall–Kier alpha value is -1.25. The molecule has 1 atom stereocenters. The third-order valence-electron chi connectivity index (χ3n) is 5.69. The van der Waals surface area contributed by atoms with Crippen molar-refractivity contribution in [2.45, 2.75) is 71.1 Å². The van der Waals surface area contributed by atoms with Gasteiger partial charge in [-0.3, -0.25) is 0 Å². The summed E-state index contributed by atoms with van der Waals surface area (Å²) in [6.45, 7) is 13.0. The number of hydrogen-bond donors (Lipinski definition) is 0. The van der Waals surface area contributed by atoms with Gasteiger partial charge in [-0.25, -0.2) is 9.07 Å². The van der Waals surface area contributed by atoms with Crippen LogP contribution in [0.5, 0.6) is 0 Å². The van der Waals surface area contributed by atoms with Gasteiger partial charge in [0.1, 0.15) is 11.4 Å². The minimum atomic E-state index is -1.00. The SMILES string of the molecule is CCCN1CCCC(n2cc(C=C(F)B3OC(C)(C)C(C)(C)O3)nn2)C1. The Labute approximate surface area is 155 Å². The summed E-state index contributed by atoms with van der Waals surface area (Å²) in [5.41, 5.74) is -1.12. The van der Waals surface area contributed by atoms with Crippen LogP contribution in [0.1, 0.15) is 65.6 Å². The van der Waals surface area contributed by atoms with Gasteiger partial charge in [-0.05, 0) is 66.1 Å². The van der Waals surface area contributed by atoms with Gasteiger partial charge in [-0.1, -0.05) is 12.1 Å². The number of likely N-dealkylation sites (tertiary alicyclic amines) is 1. The second kappa shape index (κ2) is 7.41. The topological polar surface area (TPSA) is 52.4 Å². The fraction of sp³-hybridized carbons (Fsp3) is 0.778. The van der Waals surface area contributed by atoms with E-state index in [0.717, 1.165) is 38.9 Å². The van der Waals surface area contributed by atoms with Crippen molar-refractivity contribution in [2.24, 2.45) is 0 Å². The molecule has 1 aromatic rings. The number of hydrogen-bond acceptors (Lipinski definition) is 5. The van der Waals surface area contributed by atoms with Crippen molar-refractivity contribution in [1.29, 1.82) is 0 Å². The molecule has 0 bridgehead atoms. The van der Waals surface area contributed by atoms with Gasteiger partial charge in [0.25, 0.3) is 0 Å². The lowest BCUT2D eigenvalue weighted by Crippen LogP contribution is -2.41. The first-order valence-corrected chi connectivity index (χ1v) is 9.59. The fourth-order valence-electron chi connectivity index (χ4n) is 3.47. The second-order valence-corrected chi connectivity index (χ2v) is 8.34. The van der Waals surface area contributed by atoms with Crippen LogP contribution in [0.3, 0.4) is 0 Å². The molecule has 0 amide bonds. The molecule has 0 aliphatic carbocycles. The predicted octanol–water partition coefficient (Wildman–Crippen LogP) is 3.27. The van der Waals surface area contributed by atoms with E-state index in [2.05, 4.69) is 22.1 Å². The van der Waals surface area contributed by atoms with Crippen molar-refractivity contribution in [3.8, 4) is 0 Å². The van der Waals surface area contributed by atoms with E-state index < -0.39 is 24.0 Å². The van der Waals surface area contributed by atoms with E-state index >= 15 is 0 Å². The van der Waals surface area contributed by atoms with E-state index in [9.17, 15) is 4.39 Å². The lowest BCUT2D eigenvalue weighted by Gasteiger charge is -2.32. The van der Waals surface area contributed by atoms with Crippen molar-refractivity contribution >= 4 is 13.2 Å². The minimum absolute atomic E-state index is 0.296. The molecular formula is C18H30BFN4O2. The molecule has 0 radical (unpaired) electrons. The Bertz CT molecular complexity index is 643. The first-order chi connectivity index (χ1) is 12.2. The predicted molar refractivity (Wildman–Crippen MR) is 100 cm³/mol. The first kappa shape index (κ1) is 19.5. The maximum Gasteiger partial charge on any atom is 0.525 e. The molecule has 2 saturated heterocycles. The van der Waals surface area contributed by atoms with E-state index in [4.69, 9.17) is 9.31 Å². The zero-order chi connectivity index (χ0) is 18.9. The summed E-state index contributed by atoms with van der Waals surface area (Å²) in [6.07, 6.45) is 6.55. The van der Waals surface area contributed by atoms with Crippen LogP contribution in [0.2, 0.25) is 0 Å². The molecule has 3 heterocycles. The molecule has 6 nitrogen and oxygen atoms in total. The van der Waals surface area contributed by atoms with Gasteiger partial charge in [-0.15, -0.1) is 5.10 Å². The maximum absolute atomic E-state index is 14.6. The van der Waals surface area contributed by atoms with E-state index in [0.29, 0.717) is 11.7 Å². The van der Waals surface area contributed by atoms with Crippen LogP contribution in [-0.4, -0.2) is 57.8 Å². The molecule has 0 N–H and O–H groups in total. The summed E-state index contributed by atoms with van der Waals surface area (Å²) in [4.78, 5) is 2.45. The average molecular weight is 364 g/mol. The highest BCUT2D eigenvalue weighted by Crippen LogP contribution is 2.39. The number of rotatable bonds is 5. The highest BCUT2D eigenvalue weighted by atomic mass is 19.1. The van der Waals surface area contributed by atoms with Crippen LogP contribution < -0.4 is 0 Å². The van der Waals surface area contributed by atoms with Crippen molar-refractivity contribution in [2.75, 3.05) is 19.6 Å². The third-order valence-corrected chi connectivity index (χ3v) is 5.69. The van der Waals surface area contributed by atoms with E-state index in [1.54, 1.807) is 0 Å². The van der Waals surface area contributed by atoms with Gasteiger partial charge in [0, 0.05) is 6.54 Å². The van der Waals surface area contributed by atoms with Gasteiger partial charge in [0.05, 0.1) is 23.4 Å². The number of nitrogens with zero attached hydrogens (tertiary/aromatic N) is 4. The highest BCUT2D eigenvalue weighted by molar-refractivity contribution is 6.54. The highest BCUT2D eigenvalue weighted by Gasteiger charge is 2.53. The first-order valence-electron chi connectivity index (χ1n) is 9.59. The number of piperidine rings is 1. The summed E-state index contributed by atoms with van der Waals surface area (Å²) in [5, 5.41) is 8.33. The van der Waals surface area contributed by atoms with Gasteiger partial charge < -0.3 is 14.2 Å². The molecule has 1 aromatic heterocycles. The molecule has 144 valence electrons. The molecule has 0 spiro atoms. The Balaban J connectivity index is 1.67. The summed E-state index contributed by atoms with van der Waals surface area (Å²) >= 11 is 0. The molecule has 26 heavy (non-hydrogen) atoms. The molecule has 2 aliphatic heterocycles. The van der Waals surface area contributed by atoms with Crippen LogP contribution in [-0.2, 0) is 9.31 Å². The Morgan fingerprint density at radius 1 is 1.35 bits per heavy atom. The monoisotopic (exact) mass is 364 g/mol. The lowest BCUT2D eigenvalue weighted by atomic mass is 9.87. The molecule has 8 heteroatoms. The maximum atomic E-state index is 14.6. The molecule has 1 unspecified atom stereocenters. The van der Waals surface area contributed by atoms with Gasteiger partial charge in [0.2, 0.25) is 0 Å². The van der Waals surface area contributed by atoms with Gasteiger partial charge >= 0.3 is 7.12 Å². The zero-order valence-electron chi connectivity index (χ0n) is 16.5. The normalized spacial score (nSPS) is 26.5. The fourth-order valence-corrected chi connectivity index (χ4v) is 3.47. The molecule has 2 aliphatic rings. The Morgan fingerprint density at radius 2 is 2.04 bits per heavy atom. The van der Waals surface area contributed by atoms with E-state index in [-0.39, 0.29) is 0 Å². The van der Waals surface area contributed by atoms with Crippen LogP contribution >= 0.6 is 0 Å². The van der Waals surface area contributed by atoms with Gasteiger partial charge in [0.15, 0.2) is 0 Å². The Kier molecular flexibility index (Phi) is 5.56. The summed E-state index contributed by atoms with van der Waals surface area (Å²) in [7, 11) is -1.00. The minimum Gasteiger partial charge on any atom is -0.398 e. The lowest BCUT2D eigenvalue weighted by molar-refractivity contribution is 0.00578. The molecule has 0 saturated carbocycles. The van der Waals surface area contributed by atoms with E-state index in [1.165, 1.54) is 6.08 Å². The number of halogens is 1. The zero-order valence-corrected chi connectivity index (χ0v) is 16.5. The quantitative estimate of drug-likeness (QED) is 0.751. The van der Waals surface area contributed by atoms with Crippen molar-refractivity contribution in [3.05, 3.63) is 17.6 Å². The molecule has 0 aromatic carbocycles. The largest absolute Gasteiger partial charge is 0.525 e. The van der Waals surface area contributed by atoms with Crippen molar-refractivity contribution in [3.63, 3.8) is 0 Å². The Morgan fingerprint density at radius 3 is 2.69 bits per heavy atom. The summed E-state index contributed by atoms with van der Waals surface area (Å²) < 4.78 is 28.0. The number of aromatic nitrogens is 3. The standard InChI is InChI=1S/C18H30BFN4O2/c1-6-9-23-10-7-8-15(13-23)24-12-14(21-22-24)11-16(20)19-25-17(2,3)18(4,5)26-19/h11-12,15H,6-10,13H2,1-5H3. The third kappa shape index (κ3) is 4.02. The van der Waals surface area contributed by atoms with Crippen LogP contribution in [0.15, 0.2) is 11.9 Å². The molecular weight excluding hydrogens is 334 g/mol. The summed E-state index contributed by atoms with van der Waals surface area (Å²) in [6, 6.07) is 0.296. The molecule has 3 rings (SSSR count). The smallest absolute Gasteiger partial charge is 0.398 e. The molecule has 2 fully saturated rings. The van der Waals surface area contributed by atoms with E-state index in [1.807, 2.05) is 38.6 Å². The van der Waals surface area contributed by atoms with Gasteiger partial charge in [-0.2, -0.15) is 0 Å². The second-order valence-electron chi connectivity index (χ2n) is 8.34. The van der Waals surface area contributed by atoms with Crippen LogP contribution in [0.25, 0.3) is 6.08 Å². The average Bonchev–Trinajstić information content (AvgIpc) is 3.10. The van der Waals surface area contributed by atoms with Crippen molar-refractivity contribution < 1.29 is 13.7 Å². The van der Waals surface area contributed by atoms with Crippen molar-refractivity contribution in [1.82, 2.24) is 19.9 Å². The van der Waals surface area contributed by atoms with Crippen LogP contribution in [0.4, 0.5) is 4.39 Å². The summed E-state index contributed by atoms with van der Waals surface area (Å²) in [5.74, 6) is 0. The van der Waals surface area contributed by atoms with Crippen LogP contribution in [0, 0.1) is 0 Å².